The van der Waals surface area contributed by atoms with Crippen LogP contribution in [0.4, 0.5) is 0 Å². The molecule has 3 aromatic rings. The topological polar surface area (TPSA) is 72.3 Å². The van der Waals surface area contributed by atoms with Crippen molar-refractivity contribution in [3.8, 4) is 11.1 Å². The standard InChI is InChI=1S/C13H12N4O2/c1-8-10(6-14-16-8)9-3-4-17-12(5-9)11(7-15-17)13(18)19-2/h3-7H,1-2H3,(H,14,16). The van der Waals surface area contributed by atoms with Crippen LogP contribution in [0.15, 0.2) is 30.7 Å². The minimum absolute atomic E-state index is 0.393. The molecular weight excluding hydrogens is 244 g/mol. The van der Waals surface area contributed by atoms with E-state index in [4.69, 9.17) is 4.74 Å². The van der Waals surface area contributed by atoms with Crippen LogP contribution in [-0.2, 0) is 4.74 Å². The zero-order valence-electron chi connectivity index (χ0n) is 10.5. The van der Waals surface area contributed by atoms with E-state index in [1.807, 2.05) is 25.3 Å². The van der Waals surface area contributed by atoms with Gasteiger partial charge in [-0.1, -0.05) is 0 Å². The van der Waals surface area contributed by atoms with E-state index >= 15 is 0 Å². The molecular formula is C13H12N4O2. The molecule has 0 fully saturated rings. The van der Waals surface area contributed by atoms with E-state index in [9.17, 15) is 4.79 Å². The second-order valence-electron chi connectivity index (χ2n) is 4.20. The maximum absolute atomic E-state index is 11.7. The van der Waals surface area contributed by atoms with Gasteiger partial charge in [0.2, 0.25) is 0 Å². The summed E-state index contributed by atoms with van der Waals surface area (Å²) in [7, 11) is 1.36. The molecule has 0 radical (unpaired) electrons. The summed E-state index contributed by atoms with van der Waals surface area (Å²) in [6.45, 7) is 1.95. The molecule has 0 saturated carbocycles. The lowest BCUT2D eigenvalue weighted by Gasteiger charge is -2.02. The van der Waals surface area contributed by atoms with Gasteiger partial charge in [0.1, 0.15) is 5.56 Å². The Morgan fingerprint density at radius 1 is 1.42 bits per heavy atom. The smallest absolute Gasteiger partial charge is 0.341 e. The van der Waals surface area contributed by atoms with Gasteiger partial charge in [-0.05, 0) is 24.6 Å². The quantitative estimate of drug-likeness (QED) is 0.710. The van der Waals surface area contributed by atoms with Crippen molar-refractivity contribution in [3.63, 3.8) is 0 Å². The Labute approximate surface area is 109 Å². The number of hydrogen-bond donors (Lipinski definition) is 1. The van der Waals surface area contributed by atoms with Gasteiger partial charge in [-0.25, -0.2) is 9.31 Å². The van der Waals surface area contributed by atoms with Crippen LogP contribution in [0.3, 0.4) is 0 Å². The molecule has 0 amide bonds. The number of rotatable bonds is 2. The van der Waals surface area contributed by atoms with Crippen LogP contribution in [0, 0.1) is 6.92 Å². The fourth-order valence-electron chi connectivity index (χ4n) is 2.06. The molecule has 0 aliphatic rings. The molecule has 3 rings (SSSR count). The Bertz CT molecular complexity index is 757. The monoisotopic (exact) mass is 256 g/mol. The molecule has 0 spiro atoms. The fraction of sp³-hybridized carbons (Fsp3) is 0.154. The van der Waals surface area contributed by atoms with Crippen LogP contribution in [0.25, 0.3) is 16.6 Å². The highest BCUT2D eigenvalue weighted by Gasteiger charge is 2.14. The molecule has 19 heavy (non-hydrogen) atoms. The molecule has 6 nitrogen and oxygen atoms in total. The van der Waals surface area contributed by atoms with E-state index in [-0.39, 0.29) is 0 Å². The number of methoxy groups -OCH3 is 1. The third kappa shape index (κ3) is 1.77. The molecule has 3 aromatic heterocycles. The molecule has 0 aliphatic heterocycles. The number of aromatic nitrogens is 4. The van der Waals surface area contributed by atoms with Gasteiger partial charge in [0.15, 0.2) is 0 Å². The first-order valence-electron chi connectivity index (χ1n) is 5.77. The second kappa shape index (κ2) is 4.24. The Morgan fingerprint density at radius 3 is 2.95 bits per heavy atom. The SMILES string of the molecule is COC(=O)c1cnn2ccc(-c3cn[nH]c3C)cc12. The zero-order valence-corrected chi connectivity index (χ0v) is 10.5. The lowest BCUT2D eigenvalue weighted by atomic mass is 10.1. The van der Waals surface area contributed by atoms with Crippen molar-refractivity contribution in [1.29, 1.82) is 0 Å². The molecule has 96 valence electrons. The van der Waals surface area contributed by atoms with Gasteiger partial charge in [-0.3, -0.25) is 5.10 Å². The van der Waals surface area contributed by atoms with Gasteiger partial charge in [0.05, 0.1) is 25.0 Å². The van der Waals surface area contributed by atoms with E-state index in [2.05, 4.69) is 15.3 Å². The molecule has 0 aliphatic carbocycles. The Balaban J connectivity index is 2.19. The third-order valence-corrected chi connectivity index (χ3v) is 3.07. The summed E-state index contributed by atoms with van der Waals surface area (Å²) in [6.07, 6.45) is 5.08. The van der Waals surface area contributed by atoms with Crippen LogP contribution < -0.4 is 0 Å². The van der Waals surface area contributed by atoms with Gasteiger partial charge in [0.25, 0.3) is 0 Å². The van der Waals surface area contributed by atoms with Crippen LogP contribution in [0.2, 0.25) is 0 Å². The fourth-order valence-corrected chi connectivity index (χ4v) is 2.06. The van der Waals surface area contributed by atoms with Crippen molar-refractivity contribution in [2.24, 2.45) is 0 Å². The lowest BCUT2D eigenvalue weighted by Crippen LogP contribution is -2.00. The summed E-state index contributed by atoms with van der Waals surface area (Å²) < 4.78 is 6.39. The molecule has 0 unspecified atom stereocenters. The number of carbonyl (C=O) groups is 1. The number of hydrogen-bond acceptors (Lipinski definition) is 4. The molecule has 1 N–H and O–H groups in total. The Morgan fingerprint density at radius 2 is 2.26 bits per heavy atom. The van der Waals surface area contributed by atoms with E-state index in [1.54, 1.807) is 10.7 Å². The number of aromatic amines is 1. The van der Waals surface area contributed by atoms with Gasteiger partial charge in [0, 0.05) is 17.5 Å². The molecule has 0 bridgehead atoms. The van der Waals surface area contributed by atoms with E-state index in [0.717, 1.165) is 16.8 Å². The number of carbonyl (C=O) groups excluding carboxylic acids is 1. The summed E-state index contributed by atoms with van der Waals surface area (Å²) in [5.74, 6) is -0.393. The average molecular weight is 256 g/mol. The maximum Gasteiger partial charge on any atom is 0.341 e. The number of H-pyrrole nitrogens is 1. The van der Waals surface area contributed by atoms with Crippen LogP contribution in [0.5, 0.6) is 0 Å². The predicted octanol–water partition coefficient (Wildman–Crippen LogP) is 1.82. The highest BCUT2D eigenvalue weighted by atomic mass is 16.5. The number of ether oxygens (including phenoxy) is 1. The maximum atomic E-state index is 11.7. The molecule has 3 heterocycles. The average Bonchev–Trinajstić information content (AvgIpc) is 3.03. The van der Waals surface area contributed by atoms with Gasteiger partial charge >= 0.3 is 5.97 Å². The van der Waals surface area contributed by atoms with Gasteiger partial charge in [-0.2, -0.15) is 10.2 Å². The minimum Gasteiger partial charge on any atom is -0.465 e. The van der Waals surface area contributed by atoms with Crippen molar-refractivity contribution in [1.82, 2.24) is 19.8 Å². The highest BCUT2D eigenvalue weighted by molar-refractivity contribution is 5.97. The largest absolute Gasteiger partial charge is 0.465 e. The van der Waals surface area contributed by atoms with Gasteiger partial charge in [-0.15, -0.1) is 0 Å². The molecule has 0 atom stereocenters. The molecule has 6 heteroatoms. The number of pyridine rings is 1. The normalized spacial score (nSPS) is 10.8. The van der Waals surface area contributed by atoms with Crippen molar-refractivity contribution in [2.75, 3.05) is 7.11 Å². The highest BCUT2D eigenvalue weighted by Crippen LogP contribution is 2.24. The first-order valence-corrected chi connectivity index (χ1v) is 5.77. The van der Waals surface area contributed by atoms with Crippen molar-refractivity contribution in [3.05, 3.63) is 42.0 Å². The third-order valence-electron chi connectivity index (χ3n) is 3.07. The Hall–Kier alpha value is -2.63. The number of fused-ring (bicyclic) bond motifs is 1. The van der Waals surface area contributed by atoms with Crippen molar-refractivity contribution >= 4 is 11.5 Å². The minimum atomic E-state index is -0.393. The van der Waals surface area contributed by atoms with Crippen molar-refractivity contribution in [2.45, 2.75) is 6.92 Å². The number of nitrogens with one attached hydrogen (secondary N) is 1. The van der Waals surface area contributed by atoms with Crippen LogP contribution >= 0.6 is 0 Å². The summed E-state index contributed by atoms with van der Waals surface area (Å²) in [5, 5.41) is 11.0. The zero-order chi connectivity index (χ0) is 13.4. The first kappa shape index (κ1) is 11.5. The number of aryl methyl sites for hydroxylation is 1. The van der Waals surface area contributed by atoms with E-state index < -0.39 is 5.97 Å². The van der Waals surface area contributed by atoms with Crippen molar-refractivity contribution < 1.29 is 9.53 Å². The van der Waals surface area contributed by atoms with E-state index in [1.165, 1.54) is 13.3 Å². The summed E-state index contributed by atoms with van der Waals surface area (Å²) in [6, 6.07) is 3.83. The molecule has 0 saturated heterocycles. The number of esters is 1. The summed E-state index contributed by atoms with van der Waals surface area (Å²) in [5.41, 5.74) is 4.11. The predicted molar refractivity (Wildman–Crippen MR) is 68.9 cm³/mol. The van der Waals surface area contributed by atoms with Crippen LogP contribution in [-0.4, -0.2) is 32.9 Å². The second-order valence-corrected chi connectivity index (χ2v) is 4.20. The van der Waals surface area contributed by atoms with E-state index in [0.29, 0.717) is 11.1 Å². The Kier molecular flexibility index (Phi) is 2.56. The first-order chi connectivity index (χ1) is 9.20. The lowest BCUT2D eigenvalue weighted by molar-refractivity contribution is 0.0603. The summed E-state index contributed by atoms with van der Waals surface area (Å²) in [4.78, 5) is 11.7. The van der Waals surface area contributed by atoms with Crippen LogP contribution in [0.1, 0.15) is 16.1 Å². The molecule has 0 aromatic carbocycles. The number of nitrogens with zero attached hydrogens (tertiary/aromatic N) is 3. The summed E-state index contributed by atoms with van der Waals surface area (Å²) >= 11 is 0. The van der Waals surface area contributed by atoms with Gasteiger partial charge < -0.3 is 4.74 Å².